The molecule has 0 aliphatic carbocycles. The topological polar surface area (TPSA) is 29.9 Å². The number of nitrogens with zero attached hydrogens (tertiary/aromatic N) is 2. The zero-order valence-corrected chi connectivity index (χ0v) is 9.67. The van der Waals surface area contributed by atoms with Crippen molar-refractivity contribution in [1.29, 1.82) is 0 Å². The molecular formula is C12H13F2N3. The molecule has 0 amide bonds. The van der Waals surface area contributed by atoms with Gasteiger partial charge in [-0.2, -0.15) is 5.10 Å². The fraction of sp³-hybridized carbons (Fsp3) is 0.250. The predicted octanol–water partition coefficient (Wildman–Crippen LogP) is 2.62. The lowest BCUT2D eigenvalue weighted by molar-refractivity contribution is 0.584. The van der Waals surface area contributed by atoms with Crippen LogP contribution in [0.2, 0.25) is 0 Å². The zero-order valence-electron chi connectivity index (χ0n) is 9.67. The van der Waals surface area contributed by atoms with Crippen molar-refractivity contribution >= 4 is 5.69 Å². The molecule has 2 aromatic rings. The fourth-order valence-corrected chi connectivity index (χ4v) is 1.65. The normalized spacial score (nSPS) is 10.6. The molecule has 0 bridgehead atoms. The lowest BCUT2D eigenvalue weighted by Crippen LogP contribution is -2.06. The molecule has 1 aromatic heterocycles. The first-order chi connectivity index (χ1) is 8.06. The van der Waals surface area contributed by atoms with Crippen LogP contribution in [0.3, 0.4) is 0 Å². The van der Waals surface area contributed by atoms with Gasteiger partial charge in [0.25, 0.3) is 0 Å². The van der Waals surface area contributed by atoms with E-state index >= 15 is 0 Å². The smallest absolute Gasteiger partial charge is 0.149 e. The molecule has 0 radical (unpaired) electrons. The first-order valence-electron chi connectivity index (χ1n) is 5.24. The van der Waals surface area contributed by atoms with Gasteiger partial charge in [0, 0.05) is 13.1 Å². The van der Waals surface area contributed by atoms with Crippen molar-refractivity contribution in [3.63, 3.8) is 0 Å². The van der Waals surface area contributed by atoms with E-state index in [9.17, 15) is 8.78 Å². The fourth-order valence-electron chi connectivity index (χ4n) is 1.65. The summed E-state index contributed by atoms with van der Waals surface area (Å²) in [6.07, 6.45) is 0. The average molecular weight is 237 g/mol. The van der Waals surface area contributed by atoms with E-state index in [2.05, 4.69) is 10.4 Å². The molecule has 0 aliphatic heterocycles. The lowest BCUT2D eigenvalue weighted by Gasteiger charge is -2.07. The van der Waals surface area contributed by atoms with Crippen LogP contribution in [0.5, 0.6) is 0 Å². The molecule has 0 aliphatic rings. The third-order valence-electron chi connectivity index (χ3n) is 2.49. The first kappa shape index (κ1) is 11.6. The second-order valence-corrected chi connectivity index (χ2v) is 3.88. The van der Waals surface area contributed by atoms with Crippen LogP contribution in [-0.4, -0.2) is 9.78 Å². The minimum absolute atomic E-state index is 0.283. The van der Waals surface area contributed by atoms with Gasteiger partial charge in [-0.3, -0.25) is 4.68 Å². The van der Waals surface area contributed by atoms with Crippen LogP contribution in [0.25, 0.3) is 0 Å². The predicted molar refractivity (Wildman–Crippen MR) is 61.6 cm³/mol. The molecule has 5 heteroatoms. The highest BCUT2D eigenvalue weighted by atomic mass is 19.1. The van der Waals surface area contributed by atoms with Crippen LogP contribution in [0, 0.1) is 18.6 Å². The van der Waals surface area contributed by atoms with Gasteiger partial charge in [0.05, 0.1) is 23.6 Å². The van der Waals surface area contributed by atoms with Gasteiger partial charge in [-0.1, -0.05) is 0 Å². The summed E-state index contributed by atoms with van der Waals surface area (Å²) in [7, 11) is 1.82. The van der Waals surface area contributed by atoms with Crippen LogP contribution < -0.4 is 5.32 Å². The van der Waals surface area contributed by atoms with Crippen LogP contribution in [0.15, 0.2) is 24.3 Å². The Hall–Kier alpha value is -1.91. The Kier molecular flexibility index (Phi) is 3.08. The second-order valence-electron chi connectivity index (χ2n) is 3.88. The number of rotatable bonds is 3. The van der Waals surface area contributed by atoms with Crippen molar-refractivity contribution < 1.29 is 8.78 Å². The van der Waals surface area contributed by atoms with Gasteiger partial charge in [-0.05, 0) is 25.1 Å². The maximum atomic E-state index is 13.3. The number of aryl methyl sites for hydroxylation is 2. The molecule has 0 saturated carbocycles. The van der Waals surface area contributed by atoms with Gasteiger partial charge in [0.2, 0.25) is 0 Å². The Morgan fingerprint density at radius 1 is 1.29 bits per heavy atom. The van der Waals surface area contributed by atoms with Crippen LogP contribution >= 0.6 is 0 Å². The lowest BCUT2D eigenvalue weighted by atomic mass is 10.3. The van der Waals surface area contributed by atoms with E-state index in [-0.39, 0.29) is 5.69 Å². The third-order valence-corrected chi connectivity index (χ3v) is 2.49. The van der Waals surface area contributed by atoms with E-state index in [1.54, 1.807) is 4.68 Å². The third kappa shape index (κ3) is 2.61. The summed E-state index contributed by atoms with van der Waals surface area (Å²) in [5.74, 6) is -1.17. The van der Waals surface area contributed by atoms with Crippen molar-refractivity contribution in [2.45, 2.75) is 13.5 Å². The molecule has 1 N–H and O–H groups in total. The molecule has 1 heterocycles. The molecule has 90 valence electrons. The number of nitrogens with one attached hydrogen (secondary N) is 1. The van der Waals surface area contributed by atoms with Gasteiger partial charge in [-0.15, -0.1) is 0 Å². The van der Waals surface area contributed by atoms with Gasteiger partial charge in [0.1, 0.15) is 11.6 Å². The molecule has 0 atom stereocenters. The van der Waals surface area contributed by atoms with Crippen LogP contribution in [-0.2, 0) is 13.6 Å². The highest BCUT2D eigenvalue weighted by Crippen LogP contribution is 2.16. The minimum atomic E-state index is -0.594. The number of hydrogen-bond acceptors (Lipinski definition) is 2. The van der Waals surface area contributed by atoms with E-state index in [1.165, 1.54) is 12.1 Å². The maximum absolute atomic E-state index is 13.3. The summed E-state index contributed by atoms with van der Waals surface area (Å²) in [4.78, 5) is 0. The summed E-state index contributed by atoms with van der Waals surface area (Å²) in [6, 6.07) is 5.37. The van der Waals surface area contributed by atoms with Gasteiger partial charge < -0.3 is 5.32 Å². The van der Waals surface area contributed by atoms with E-state index < -0.39 is 11.6 Å². The molecule has 0 fully saturated rings. The Labute approximate surface area is 98.1 Å². The summed E-state index contributed by atoms with van der Waals surface area (Å²) in [5, 5.41) is 7.09. The highest BCUT2D eigenvalue weighted by molar-refractivity contribution is 5.44. The Bertz CT molecular complexity index is 535. The van der Waals surface area contributed by atoms with Crippen molar-refractivity contribution in [3.05, 3.63) is 47.3 Å². The number of anilines is 1. The number of hydrogen-bond donors (Lipinski definition) is 1. The van der Waals surface area contributed by atoms with Gasteiger partial charge >= 0.3 is 0 Å². The van der Waals surface area contributed by atoms with E-state index in [0.717, 1.165) is 17.5 Å². The quantitative estimate of drug-likeness (QED) is 0.889. The number of aromatic nitrogens is 2. The van der Waals surface area contributed by atoms with E-state index in [1.807, 2.05) is 20.0 Å². The van der Waals surface area contributed by atoms with E-state index in [4.69, 9.17) is 0 Å². The van der Waals surface area contributed by atoms with Crippen molar-refractivity contribution in [2.24, 2.45) is 7.05 Å². The van der Waals surface area contributed by atoms with Crippen molar-refractivity contribution in [2.75, 3.05) is 5.32 Å². The molecule has 1 aromatic carbocycles. The molecule has 0 unspecified atom stereocenters. The number of halogens is 2. The Balaban J connectivity index is 2.10. The van der Waals surface area contributed by atoms with Crippen molar-refractivity contribution in [1.82, 2.24) is 9.78 Å². The number of benzene rings is 1. The van der Waals surface area contributed by atoms with Crippen molar-refractivity contribution in [3.8, 4) is 0 Å². The Morgan fingerprint density at radius 2 is 2.06 bits per heavy atom. The molecule has 3 nitrogen and oxygen atoms in total. The van der Waals surface area contributed by atoms with Gasteiger partial charge in [0.15, 0.2) is 0 Å². The minimum Gasteiger partial charge on any atom is -0.377 e. The molecule has 17 heavy (non-hydrogen) atoms. The van der Waals surface area contributed by atoms with Crippen LogP contribution in [0.4, 0.5) is 14.5 Å². The zero-order chi connectivity index (χ0) is 12.4. The summed E-state index contributed by atoms with van der Waals surface area (Å²) < 4.78 is 27.8. The Morgan fingerprint density at radius 3 is 2.65 bits per heavy atom. The largest absolute Gasteiger partial charge is 0.377 e. The second kappa shape index (κ2) is 4.53. The summed E-state index contributed by atoms with van der Waals surface area (Å²) >= 11 is 0. The maximum Gasteiger partial charge on any atom is 0.149 e. The monoisotopic (exact) mass is 237 g/mol. The molecular weight excluding hydrogens is 224 g/mol. The summed E-state index contributed by atoms with van der Waals surface area (Å²) in [5.41, 5.74) is 2.13. The highest BCUT2D eigenvalue weighted by Gasteiger charge is 2.05. The SMILES string of the molecule is Cc1cc(CNc2ccc(F)cc2F)n(C)n1. The standard InChI is InChI=1S/C12H13F2N3/c1-8-5-10(17(2)16-8)7-15-12-4-3-9(13)6-11(12)14/h3-6,15H,7H2,1-2H3. The molecule has 2 rings (SSSR count). The molecule has 0 saturated heterocycles. The average Bonchev–Trinajstić information content (AvgIpc) is 2.56. The van der Waals surface area contributed by atoms with Crippen LogP contribution in [0.1, 0.15) is 11.4 Å². The van der Waals surface area contributed by atoms with Gasteiger partial charge in [-0.25, -0.2) is 8.78 Å². The van der Waals surface area contributed by atoms with E-state index in [0.29, 0.717) is 6.54 Å². The summed E-state index contributed by atoms with van der Waals surface area (Å²) in [6.45, 7) is 2.34. The first-order valence-corrected chi connectivity index (χ1v) is 5.24. The molecule has 0 spiro atoms.